The molecule has 0 spiro atoms. The van der Waals surface area contributed by atoms with Crippen LogP contribution in [0.5, 0.6) is 5.75 Å². The van der Waals surface area contributed by atoms with E-state index in [1.54, 1.807) is 24.5 Å². The van der Waals surface area contributed by atoms with Crippen LogP contribution >= 0.6 is 0 Å². The van der Waals surface area contributed by atoms with Gasteiger partial charge in [0.25, 0.3) is 0 Å². The quantitative estimate of drug-likeness (QED) is 0.798. The molecule has 3 rings (SSSR count). The molecule has 2 aromatic rings. The molecule has 3 atom stereocenters. The van der Waals surface area contributed by atoms with Crippen LogP contribution in [0.4, 0.5) is 4.39 Å². The molecule has 1 fully saturated rings. The Morgan fingerprint density at radius 2 is 2.19 bits per heavy atom. The van der Waals surface area contributed by atoms with Gasteiger partial charge in [-0.15, -0.1) is 0 Å². The first-order chi connectivity index (χ1) is 12.6. The Morgan fingerprint density at radius 1 is 1.31 bits per heavy atom. The molecule has 0 aliphatic heterocycles. The highest BCUT2D eigenvalue weighted by atomic mass is 19.1. The van der Waals surface area contributed by atoms with Gasteiger partial charge >= 0.3 is 0 Å². The number of hydrogen-bond donors (Lipinski definition) is 2. The minimum absolute atomic E-state index is 0.0458. The van der Waals surface area contributed by atoms with Crippen LogP contribution in [-0.2, 0) is 11.2 Å². The highest BCUT2D eigenvalue weighted by Crippen LogP contribution is 2.29. The van der Waals surface area contributed by atoms with Crippen LogP contribution in [0.15, 0.2) is 48.8 Å². The molecule has 26 heavy (non-hydrogen) atoms. The molecule has 1 aliphatic carbocycles. The Kier molecular flexibility index (Phi) is 6.17. The van der Waals surface area contributed by atoms with Gasteiger partial charge in [-0.1, -0.05) is 12.1 Å². The number of nitrogens with zero attached hydrogens (tertiary/aromatic N) is 1. The summed E-state index contributed by atoms with van der Waals surface area (Å²) in [5.74, 6) is -0.0610. The molecule has 2 N–H and O–H groups in total. The summed E-state index contributed by atoms with van der Waals surface area (Å²) in [5.41, 5.74) is 1.02. The number of halogens is 1. The number of pyridine rings is 1. The van der Waals surface area contributed by atoms with Crippen LogP contribution in [0.25, 0.3) is 0 Å². The average molecular weight is 358 g/mol. The van der Waals surface area contributed by atoms with Crippen molar-refractivity contribution in [3.8, 4) is 5.75 Å². The Morgan fingerprint density at radius 3 is 2.96 bits per heavy atom. The summed E-state index contributed by atoms with van der Waals surface area (Å²) < 4.78 is 18.9. The third kappa shape index (κ3) is 5.02. The second kappa shape index (κ2) is 8.76. The predicted octanol–water partition coefficient (Wildman–Crippen LogP) is 2.49. The van der Waals surface area contributed by atoms with Crippen LogP contribution in [0.1, 0.15) is 24.8 Å². The number of rotatable bonds is 7. The lowest BCUT2D eigenvalue weighted by molar-refractivity contribution is -0.121. The lowest BCUT2D eigenvalue weighted by Gasteiger charge is -2.21. The van der Waals surface area contributed by atoms with Gasteiger partial charge in [-0.25, -0.2) is 4.39 Å². The molecule has 1 heterocycles. The number of ether oxygens (including phenoxy) is 1. The second-order valence-corrected chi connectivity index (χ2v) is 6.61. The van der Waals surface area contributed by atoms with Gasteiger partial charge in [0.15, 0.2) is 0 Å². The molecule has 1 aliphatic rings. The first-order valence-electron chi connectivity index (χ1n) is 8.87. The summed E-state index contributed by atoms with van der Waals surface area (Å²) in [6, 6.07) is 9.69. The van der Waals surface area contributed by atoms with E-state index in [4.69, 9.17) is 4.74 Å². The zero-order valence-corrected chi connectivity index (χ0v) is 14.5. The van der Waals surface area contributed by atoms with E-state index in [2.05, 4.69) is 10.3 Å². The number of aryl methyl sites for hydroxylation is 1. The van der Waals surface area contributed by atoms with E-state index in [1.807, 2.05) is 12.1 Å². The molecule has 0 radical (unpaired) electrons. The number of aromatic nitrogens is 1. The van der Waals surface area contributed by atoms with Crippen LogP contribution < -0.4 is 10.1 Å². The van der Waals surface area contributed by atoms with Gasteiger partial charge in [0, 0.05) is 37.3 Å². The molecule has 1 aromatic carbocycles. The SMILES string of the molecule is O=C(CCc1cccnc1)NC[C@H]1CC[C@@H](Oc2cccc(F)c2)[C@@H]1O. The van der Waals surface area contributed by atoms with E-state index in [0.717, 1.165) is 12.0 Å². The van der Waals surface area contributed by atoms with Gasteiger partial charge in [0.05, 0.1) is 6.10 Å². The largest absolute Gasteiger partial charge is 0.488 e. The van der Waals surface area contributed by atoms with E-state index in [1.165, 1.54) is 12.1 Å². The Labute approximate surface area is 152 Å². The standard InChI is InChI=1S/C20H23FN2O3/c21-16-4-1-5-17(11-16)26-18-8-7-15(20(18)25)13-23-19(24)9-6-14-3-2-10-22-12-14/h1-5,10-12,15,18,20,25H,6-9,13H2,(H,23,24)/t15-,18-,20-/m1/s1. The van der Waals surface area contributed by atoms with Crippen molar-refractivity contribution in [3.63, 3.8) is 0 Å². The molecular formula is C20H23FN2O3. The summed E-state index contributed by atoms with van der Waals surface area (Å²) in [6.45, 7) is 0.413. The fourth-order valence-electron chi connectivity index (χ4n) is 3.23. The van der Waals surface area contributed by atoms with Crippen molar-refractivity contribution in [1.82, 2.24) is 10.3 Å². The minimum atomic E-state index is -0.683. The Hall–Kier alpha value is -2.47. The maximum atomic E-state index is 13.2. The predicted molar refractivity (Wildman–Crippen MR) is 95.1 cm³/mol. The summed E-state index contributed by atoms with van der Waals surface area (Å²) >= 11 is 0. The summed E-state index contributed by atoms with van der Waals surface area (Å²) in [7, 11) is 0. The van der Waals surface area contributed by atoms with E-state index in [0.29, 0.717) is 31.6 Å². The lowest BCUT2D eigenvalue weighted by Crippen LogP contribution is -2.37. The zero-order valence-electron chi connectivity index (χ0n) is 14.5. The number of aliphatic hydroxyl groups excluding tert-OH is 1. The molecule has 0 unspecified atom stereocenters. The zero-order chi connectivity index (χ0) is 18.4. The van der Waals surface area contributed by atoms with Gasteiger partial charge in [-0.05, 0) is 43.0 Å². The molecule has 5 nitrogen and oxygen atoms in total. The second-order valence-electron chi connectivity index (χ2n) is 6.61. The molecular weight excluding hydrogens is 335 g/mol. The summed E-state index contributed by atoms with van der Waals surface area (Å²) in [4.78, 5) is 16.0. The average Bonchev–Trinajstić information content (AvgIpc) is 2.99. The third-order valence-electron chi connectivity index (χ3n) is 4.69. The van der Waals surface area contributed by atoms with Crippen LogP contribution in [0, 0.1) is 11.7 Å². The van der Waals surface area contributed by atoms with E-state index in [9.17, 15) is 14.3 Å². The van der Waals surface area contributed by atoms with Crippen LogP contribution in [0.2, 0.25) is 0 Å². The van der Waals surface area contributed by atoms with E-state index in [-0.39, 0.29) is 23.7 Å². The van der Waals surface area contributed by atoms with Gasteiger partial charge in [0.1, 0.15) is 17.7 Å². The van der Waals surface area contributed by atoms with Crippen molar-refractivity contribution in [2.45, 2.75) is 37.9 Å². The van der Waals surface area contributed by atoms with E-state index >= 15 is 0 Å². The van der Waals surface area contributed by atoms with Crippen molar-refractivity contribution in [1.29, 1.82) is 0 Å². The summed E-state index contributed by atoms with van der Waals surface area (Å²) in [5, 5.41) is 13.3. The van der Waals surface area contributed by atoms with Gasteiger partial charge in [0.2, 0.25) is 5.91 Å². The van der Waals surface area contributed by atoms with Crippen molar-refractivity contribution in [2.75, 3.05) is 6.54 Å². The van der Waals surface area contributed by atoms with Crippen molar-refractivity contribution < 1.29 is 19.0 Å². The first kappa shape index (κ1) is 18.3. The van der Waals surface area contributed by atoms with Crippen molar-refractivity contribution in [2.24, 2.45) is 5.92 Å². The third-order valence-corrected chi connectivity index (χ3v) is 4.69. The number of hydrogen-bond acceptors (Lipinski definition) is 4. The fourth-order valence-corrected chi connectivity index (χ4v) is 3.23. The number of benzene rings is 1. The number of nitrogens with one attached hydrogen (secondary N) is 1. The molecule has 6 heteroatoms. The number of aliphatic hydroxyl groups is 1. The van der Waals surface area contributed by atoms with Gasteiger partial charge in [-0.2, -0.15) is 0 Å². The monoisotopic (exact) mass is 358 g/mol. The number of carbonyl (C=O) groups excluding carboxylic acids is 1. The molecule has 1 saturated carbocycles. The van der Waals surface area contributed by atoms with Gasteiger partial charge < -0.3 is 15.2 Å². The smallest absolute Gasteiger partial charge is 0.220 e. The Bertz CT molecular complexity index is 726. The highest BCUT2D eigenvalue weighted by molar-refractivity contribution is 5.76. The highest BCUT2D eigenvalue weighted by Gasteiger charge is 2.36. The maximum Gasteiger partial charge on any atom is 0.220 e. The van der Waals surface area contributed by atoms with Crippen LogP contribution in [0.3, 0.4) is 0 Å². The molecule has 0 bridgehead atoms. The van der Waals surface area contributed by atoms with Crippen LogP contribution in [-0.4, -0.2) is 34.8 Å². The number of amides is 1. The topological polar surface area (TPSA) is 71.5 Å². The van der Waals surface area contributed by atoms with Crippen molar-refractivity contribution in [3.05, 3.63) is 60.2 Å². The Balaban J connectivity index is 1.42. The first-order valence-corrected chi connectivity index (χ1v) is 8.87. The molecule has 1 amide bonds. The molecule has 0 saturated heterocycles. The van der Waals surface area contributed by atoms with Crippen molar-refractivity contribution >= 4 is 5.91 Å². The summed E-state index contributed by atoms with van der Waals surface area (Å²) in [6.07, 6.45) is 4.84. The molecule has 1 aromatic heterocycles. The fraction of sp³-hybridized carbons (Fsp3) is 0.400. The normalized spacial score (nSPS) is 22.2. The van der Waals surface area contributed by atoms with Gasteiger partial charge in [-0.3, -0.25) is 9.78 Å². The molecule has 138 valence electrons. The van der Waals surface area contributed by atoms with E-state index < -0.39 is 6.10 Å². The lowest BCUT2D eigenvalue weighted by atomic mass is 10.1. The number of carbonyl (C=O) groups is 1. The minimum Gasteiger partial charge on any atom is -0.488 e. The maximum absolute atomic E-state index is 13.2.